The van der Waals surface area contributed by atoms with E-state index in [1.54, 1.807) is 26.1 Å². The molecule has 27 heavy (non-hydrogen) atoms. The Kier molecular flexibility index (Phi) is 5.29. The molecule has 0 spiro atoms. The molecule has 0 bridgehead atoms. The number of hydrogen-bond donors (Lipinski definition) is 1. The molecule has 0 radical (unpaired) electrons. The Bertz CT molecular complexity index is 949. The summed E-state index contributed by atoms with van der Waals surface area (Å²) in [6.07, 6.45) is 2.14. The van der Waals surface area contributed by atoms with Gasteiger partial charge in [0.15, 0.2) is 11.4 Å². The Morgan fingerprint density at radius 3 is 2.81 bits per heavy atom. The van der Waals surface area contributed by atoms with Gasteiger partial charge in [-0.1, -0.05) is 6.92 Å². The van der Waals surface area contributed by atoms with Gasteiger partial charge in [-0.05, 0) is 32.4 Å². The molecule has 7 nitrogen and oxygen atoms in total. The molecule has 3 aromatic rings. The van der Waals surface area contributed by atoms with Crippen LogP contribution in [0.15, 0.2) is 35.2 Å². The van der Waals surface area contributed by atoms with Crippen molar-refractivity contribution in [2.75, 3.05) is 5.32 Å². The number of alkyl halides is 2. The molecule has 0 atom stereocenters. The van der Waals surface area contributed by atoms with Gasteiger partial charge < -0.3 is 9.73 Å². The second-order valence-electron chi connectivity index (χ2n) is 6.18. The predicted molar refractivity (Wildman–Crippen MR) is 94.6 cm³/mol. The van der Waals surface area contributed by atoms with E-state index in [4.69, 9.17) is 4.42 Å². The van der Waals surface area contributed by atoms with Crippen LogP contribution in [-0.2, 0) is 6.42 Å². The molecule has 0 aliphatic heterocycles. The van der Waals surface area contributed by atoms with Crippen LogP contribution in [0.3, 0.4) is 0 Å². The van der Waals surface area contributed by atoms with Crippen LogP contribution in [0.25, 0.3) is 11.5 Å². The van der Waals surface area contributed by atoms with Gasteiger partial charge in [-0.25, -0.2) is 13.8 Å². The van der Waals surface area contributed by atoms with Gasteiger partial charge in [0.25, 0.3) is 12.3 Å². The molecule has 1 N–H and O–H groups in total. The zero-order valence-electron chi connectivity index (χ0n) is 15.1. The summed E-state index contributed by atoms with van der Waals surface area (Å²) < 4.78 is 33.1. The standard InChI is InChI=1S/C18H19F2N5O2/c1-4-12-7-11(5-6-21-12)18-23-14(9-27-18)17(26)22-13-8-25(10(2)3)24-15(13)16(19)20/h5-10,16H,4H2,1-3H3,(H,22,26). The SMILES string of the molecule is CCc1cc(-c2nc(C(=O)Nc3cn(C(C)C)nc3C(F)F)co2)ccn1. The van der Waals surface area contributed by atoms with E-state index in [2.05, 4.69) is 20.4 Å². The molecule has 3 aromatic heterocycles. The molecule has 142 valence electrons. The fourth-order valence-corrected chi connectivity index (χ4v) is 2.43. The lowest BCUT2D eigenvalue weighted by Gasteiger charge is -2.03. The average Bonchev–Trinajstić information content (AvgIpc) is 3.29. The maximum absolute atomic E-state index is 13.2. The highest BCUT2D eigenvalue weighted by Crippen LogP contribution is 2.27. The molecular weight excluding hydrogens is 356 g/mol. The maximum atomic E-state index is 13.2. The average molecular weight is 375 g/mol. The summed E-state index contributed by atoms with van der Waals surface area (Å²) in [4.78, 5) is 20.7. The van der Waals surface area contributed by atoms with Crippen LogP contribution < -0.4 is 5.32 Å². The van der Waals surface area contributed by atoms with Crippen LogP contribution in [0.1, 0.15) is 55.1 Å². The molecule has 3 heterocycles. The summed E-state index contributed by atoms with van der Waals surface area (Å²) in [5, 5.41) is 6.26. The van der Waals surface area contributed by atoms with E-state index in [0.717, 1.165) is 12.1 Å². The molecule has 0 saturated carbocycles. The minimum atomic E-state index is -2.81. The quantitative estimate of drug-likeness (QED) is 0.695. The molecule has 0 saturated heterocycles. The third-order valence-corrected chi connectivity index (χ3v) is 3.91. The number of pyridine rings is 1. The van der Waals surface area contributed by atoms with Gasteiger partial charge in [0.2, 0.25) is 5.89 Å². The van der Waals surface area contributed by atoms with Crippen molar-refractivity contribution in [1.29, 1.82) is 0 Å². The van der Waals surface area contributed by atoms with Gasteiger partial charge in [0, 0.05) is 29.7 Å². The fraction of sp³-hybridized carbons (Fsp3) is 0.333. The zero-order valence-corrected chi connectivity index (χ0v) is 15.1. The number of anilines is 1. The van der Waals surface area contributed by atoms with Gasteiger partial charge in [-0.15, -0.1) is 0 Å². The van der Waals surface area contributed by atoms with E-state index in [-0.39, 0.29) is 23.3 Å². The van der Waals surface area contributed by atoms with Crippen LogP contribution in [0.5, 0.6) is 0 Å². The van der Waals surface area contributed by atoms with Crippen molar-refractivity contribution in [3.05, 3.63) is 47.9 Å². The minimum absolute atomic E-state index is 0.0163. The number of oxazole rings is 1. The smallest absolute Gasteiger partial charge is 0.284 e. The summed E-state index contributed by atoms with van der Waals surface area (Å²) in [5.41, 5.74) is 0.992. The lowest BCUT2D eigenvalue weighted by Crippen LogP contribution is -2.13. The molecule has 3 rings (SSSR count). The number of hydrogen-bond acceptors (Lipinski definition) is 5. The highest BCUT2D eigenvalue weighted by atomic mass is 19.3. The van der Waals surface area contributed by atoms with E-state index in [1.807, 2.05) is 13.0 Å². The topological polar surface area (TPSA) is 85.8 Å². The van der Waals surface area contributed by atoms with Gasteiger partial charge in [0.05, 0.1) is 5.69 Å². The normalized spacial score (nSPS) is 11.4. The molecule has 0 aliphatic carbocycles. The van der Waals surface area contributed by atoms with Crippen molar-refractivity contribution in [3.63, 3.8) is 0 Å². The third-order valence-electron chi connectivity index (χ3n) is 3.91. The first-order valence-electron chi connectivity index (χ1n) is 8.48. The molecular formula is C18H19F2N5O2. The van der Waals surface area contributed by atoms with Crippen molar-refractivity contribution >= 4 is 11.6 Å². The summed E-state index contributed by atoms with van der Waals surface area (Å²) in [6.45, 7) is 5.58. The predicted octanol–water partition coefficient (Wildman–Crippen LogP) is 4.27. The van der Waals surface area contributed by atoms with Gasteiger partial charge >= 0.3 is 0 Å². The zero-order chi connectivity index (χ0) is 19.6. The molecule has 0 aliphatic rings. The second-order valence-corrected chi connectivity index (χ2v) is 6.18. The summed E-state index contributed by atoms with van der Waals surface area (Å²) in [7, 11) is 0. The first-order valence-corrected chi connectivity index (χ1v) is 8.48. The maximum Gasteiger partial charge on any atom is 0.284 e. The number of carbonyl (C=O) groups is 1. The molecule has 0 fully saturated rings. The van der Waals surface area contributed by atoms with Crippen molar-refractivity contribution in [2.45, 2.75) is 39.7 Å². The van der Waals surface area contributed by atoms with E-state index in [0.29, 0.717) is 5.56 Å². The van der Waals surface area contributed by atoms with Crippen molar-refractivity contribution in [2.24, 2.45) is 0 Å². The minimum Gasteiger partial charge on any atom is -0.444 e. The van der Waals surface area contributed by atoms with Crippen molar-refractivity contribution in [3.8, 4) is 11.5 Å². The Labute approximate surface area is 154 Å². The number of aromatic nitrogens is 4. The van der Waals surface area contributed by atoms with Crippen molar-refractivity contribution < 1.29 is 18.0 Å². The fourth-order valence-electron chi connectivity index (χ4n) is 2.43. The number of amides is 1. The summed E-state index contributed by atoms with van der Waals surface area (Å²) in [6, 6.07) is 3.41. The Morgan fingerprint density at radius 1 is 1.37 bits per heavy atom. The highest BCUT2D eigenvalue weighted by Gasteiger charge is 2.22. The van der Waals surface area contributed by atoms with Gasteiger partial charge in [-0.3, -0.25) is 14.5 Å². The van der Waals surface area contributed by atoms with E-state index in [1.165, 1.54) is 17.1 Å². The first-order chi connectivity index (χ1) is 12.9. The molecule has 0 unspecified atom stereocenters. The number of halogens is 2. The lowest BCUT2D eigenvalue weighted by molar-refractivity contribution is 0.102. The van der Waals surface area contributed by atoms with Gasteiger partial charge in [0.1, 0.15) is 6.26 Å². The van der Waals surface area contributed by atoms with E-state index in [9.17, 15) is 13.6 Å². The molecule has 1 amide bonds. The molecule has 9 heteroatoms. The van der Waals surface area contributed by atoms with Crippen LogP contribution in [0.2, 0.25) is 0 Å². The first kappa shape index (κ1) is 18.7. The van der Waals surface area contributed by atoms with Gasteiger partial charge in [-0.2, -0.15) is 5.10 Å². The lowest BCUT2D eigenvalue weighted by atomic mass is 10.2. The number of aryl methyl sites for hydroxylation is 1. The summed E-state index contributed by atoms with van der Waals surface area (Å²) >= 11 is 0. The summed E-state index contributed by atoms with van der Waals surface area (Å²) in [5.74, 6) is -0.399. The monoisotopic (exact) mass is 375 g/mol. The number of rotatable bonds is 6. The largest absolute Gasteiger partial charge is 0.444 e. The van der Waals surface area contributed by atoms with E-state index >= 15 is 0 Å². The second kappa shape index (κ2) is 7.65. The van der Waals surface area contributed by atoms with Crippen LogP contribution >= 0.6 is 0 Å². The number of nitrogens with zero attached hydrogens (tertiary/aromatic N) is 4. The van der Waals surface area contributed by atoms with Crippen molar-refractivity contribution in [1.82, 2.24) is 19.7 Å². The van der Waals surface area contributed by atoms with Crippen LogP contribution in [0.4, 0.5) is 14.5 Å². The number of carbonyl (C=O) groups excluding carboxylic acids is 1. The Morgan fingerprint density at radius 2 is 2.15 bits per heavy atom. The Hall–Kier alpha value is -3.10. The Balaban J connectivity index is 1.82. The highest BCUT2D eigenvalue weighted by molar-refractivity contribution is 6.03. The van der Waals surface area contributed by atoms with E-state index < -0.39 is 18.0 Å². The molecule has 0 aromatic carbocycles. The van der Waals surface area contributed by atoms with Crippen LogP contribution in [-0.4, -0.2) is 25.7 Å². The van der Waals surface area contributed by atoms with Crippen LogP contribution in [0, 0.1) is 0 Å². The number of nitrogens with one attached hydrogen (secondary N) is 1. The third kappa shape index (κ3) is 4.02.